The van der Waals surface area contributed by atoms with Crippen LogP contribution in [0.2, 0.25) is 0 Å². The van der Waals surface area contributed by atoms with E-state index in [0.717, 1.165) is 5.57 Å². The summed E-state index contributed by atoms with van der Waals surface area (Å²) in [6.07, 6.45) is 5.92. The lowest BCUT2D eigenvalue weighted by Gasteiger charge is -1.90. The molecule has 1 aliphatic heterocycles. The number of rotatable bonds is 0. The molecular weight excluding hydrogens is 146 g/mol. The highest BCUT2D eigenvalue weighted by molar-refractivity contribution is 6.30. The first-order valence-corrected chi connectivity index (χ1v) is 3.66. The van der Waals surface area contributed by atoms with Gasteiger partial charge in [-0.3, -0.25) is 0 Å². The second-order valence-electron chi connectivity index (χ2n) is 2.47. The molecule has 0 saturated heterocycles. The van der Waals surface area contributed by atoms with Gasteiger partial charge >= 0.3 is 0 Å². The van der Waals surface area contributed by atoms with Gasteiger partial charge in [0.05, 0.1) is 0 Å². The Morgan fingerprint density at radius 1 is 1.60 bits per heavy atom. The van der Waals surface area contributed by atoms with Gasteiger partial charge in [-0.1, -0.05) is 30.7 Å². The molecule has 2 heteroatoms. The van der Waals surface area contributed by atoms with Crippen molar-refractivity contribution in [2.45, 2.75) is 13.8 Å². The molecule has 0 saturated carbocycles. The Bertz CT molecular complexity index is 191. The molecule has 0 aromatic carbocycles. The molecule has 0 aromatic heterocycles. The van der Waals surface area contributed by atoms with Crippen molar-refractivity contribution in [1.82, 2.24) is 0 Å². The Morgan fingerprint density at radius 3 is 3.00 bits per heavy atom. The highest BCUT2D eigenvalue weighted by atomic mass is 35.5. The molecule has 0 fully saturated rings. The van der Waals surface area contributed by atoms with E-state index in [9.17, 15) is 0 Å². The lowest BCUT2D eigenvalue weighted by molar-refractivity contribution is 1.03. The van der Waals surface area contributed by atoms with E-state index in [4.69, 9.17) is 11.6 Å². The molecular formula is C8H10ClN. The van der Waals surface area contributed by atoms with Crippen molar-refractivity contribution < 1.29 is 0 Å². The number of aliphatic imine (C=N–C) groups is 1. The SMILES string of the molecule is CC1=C(Cl)N=CC(C)C=C1. The van der Waals surface area contributed by atoms with Gasteiger partial charge in [-0.15, -0.1) is 0 Å². The molecule has 0 spiro atoms. The van der Waals surface area contributed by atoms with E-state index in [-0.39, 0.29) is 0 Å². The number of hydrogen-bond donors (Lipinski definition) is 0. The summed E-state index contributed by atoms with van der Waals surface area (Å²) in [4.78, 5) is 4.04. The molecule has 0 N–H and O–H groups in total. The molecule has 1 atom stereocenters. The summed E-state index contributed by atoms with van der Waals surface area (Å²) in [6, 6.07) is 0. The van der Waals surface area contributed by atoms with Crippen LogP contribution in [0.15, 0.2) is 27.9 Å². The average Bonchev–Trinajstić information content (AvgIpc) is 2.04. The van der Waals surface area contributed by atoms with Crippen molar-refractivity contribution in [3.8, 4) is 0 Å². The van der Waals surface area contributed by atoms with Gasteiger partial charge in [-0.25, -0.2) is 4.99 Å². The lowest BCUT2D eigenvalue weighted by Crippen LogP contribution is -1.87. The van der Waals surface area contributed by atoms with Gasteiger partial charge in [0.15, 0.2) is 0 Å². The van der Waals surface area contributed by atoms with E-state index in [1.165, 1.54) is 0 Å². The van der Waals surface area contributed by atoms with Crippen molar-refractivity contribution in [3.05, 3.63) is 22.9 Å². The molecule has 1 rings (SSSR count). The predicted molar refractivity (Wildman–Crippen MR) is 45.3 cm³/mol. The van der Waals surface area contributed by atoms with Crippen molar-refractivity contribution in [2.24, 2.45) is 10.9 Å². The first kappa shape index (κ1) is 7.55. The van der Waals surface area contributed by atoms with Gasteiger partial charge in [-0.05, 0) is 12.5 Å². The molecule has 10 heavy (non-hydrogen) atoms. The molecule has 54 valence electrons. The maximum absolute atomic E-state index is 5.77. The Morgan fingerprint density at radius 2 is 2.30 bits per heavy atom. The minimum atomic E-state index is 0.395. The van der Waals surface area contributed by atoms with Gasteiger partial charge in [0.25, 0.3) is 0 Å². The highest BCUT2D eigenvalue weighted by Crippen LogP contribution is 2.15. The van der Waals surface area contributed by atoms with E-state index in [0.29, 0.717) is 11.1 Å². The van der Waals surface area contributed by atoms with Crippen molar-refractivity contribution >= 4 is 17.8 Å². The molecule has 0 aliphatic carbocycles. The Hall–Kier alpha value is -0.560. The van der Waals surface area contributed by atoms with Gasteiger partial charge in [-0.2, -0.15) is 0 Å². The molecule has 1 heterocycles. The summed E-state index contributed by atoms with van der Waals surface area (Å²) >= 11 is 5.77. The minimum absolute atomic E-state index is 0.395. The van der Waals surface area contributed by atoms with Crippen molar-refractivity contribution in [2.75, 3.05) is 0 Å². The van der Waals surface area contributed by atoms with Crippen LogP contribution in [-0.2, 0) is 0 Å². The summed E-state index contributed by atoms with van der Waals surface area (Å²) in [5.74, 6) is 0.395. The van der Waals surface area contributed by atoms with Crippen molar-refractivity contribution in [1.29, 1.82) is 0 Å². The summed E-state index contributed by atoms with van der Waals surface area (Å²) in [7, 11) is 0. The predicted octanol–water partition coefficient (Wildman–Crippen LogP) is 2.73. The van der Waals surface area contributed by atoms with Crippen LogP contribution in [0, 0.1) is 5.92 Å². The summed E-state index contributed by atoms with van der Waals surface area (Å²) in [5, 5.41) is 0.598. The average molecular weight is 156 g/mol. The van der Waals surface area contributed by atoms with Crippen molar-refractivity contribution in [3.63, 3.8) is 0 Å². The third-order valence-corrected chi connectivity index (χ3v) is 1.79. The summed E-state index contributed by atoms with van der Waals surface area (Å²) in [6.45, 7) is 4.02. The van der Waals surface area contributed by atoms with Crippen LogP contribution < -0.4 is 0 Å². The minimum Gasteiger partial charge on any atom is -0.248 e. The quantitative estimate of drug-likeness (QED) is 0.477. The van der Waals surface area contributed by atoms with Crippen LogP contribution in [-0.4, -0.2) is 6.21 Å². The normalized spacial score (nSPS) is 25.3. The maximum Gasteiger partial charge on any atom is 0.131 e. The second kappa shape index (κ2) is 3.02. The van der Waals surface area contributed by atoms with Crippen LogP contribution in [0.4, 0.5) is 0 Å². The lowest BCUT2D eigenvalue weighted by atomic mass is 10.2. The zero-order valence-electron chi connectivity index (χ0n) is 6.13. The Labute approximate surface area is 66.1 Å². The van der Waals surface area contributed by atoms with Gasteiger partial charge < -0.3 is 0 Å². The third-order valence-electron chi connectivity index (χ3n) is 1.40. The van der Waals surface area contributed by atoms with Gasteiger partial charge in [0, 0.05) is 12.1 Å². The van der Waals surface area contributed by atoms with E-state index in [1.54, 1.807) is 0 Å². The van der Waals surface area contributed by atoms with Gasteiger partial charge in [0.1, 0.15) is 5.16 Å². The number of nitrogens with zero attached hydrogens (tertiary/aromatic N) is 1. The molecule has 0 radical (unpaired) electrons. The molecule has 0 amide bonds. The van der Waals surface area contributed by atoms with Gasteiger partial charge in [0.2, 0.25) is 0 Å². The largest absolute Gasteiger partial charge is 0.248 e. The first-order valence-electron chi connectivity index (χ1n) is 3.29. The zero-order chi connectivity index (χ0) is 7.56. The second-order valence-corrected chi connectivity index (χ2v) is 2.83. The molecule has 1 unspecified atom stereocenters. The molecule has 1 nitrogen and oxygen atoms in total. The molecule has 0 aromatic rings. The standard InChI is InChI=1S/C8H10ClN/c1-6-3-4-7(2)8(9)10-5-6/h3-6H,1-2H3. The summed E-state index contributed by atoms with van der Waals surface area (Å²) < 4.78 is 0. The Kier molecular flexibility index (Phi) is 2.28. The van der Waals surface area contributed by atoms with E-state index in [2.05, 4.69) is 18.0 Å². The molecule has 0 bridgehead atoms. The molecule has 1 aliphatic rings. The Balaban J connectivity index is 2.91. The summed E-state index contributed by atoms with van der Waals surface area (Å²) in [5.41, 5.74) is 1.03. The van der Waals surface area contributed by atoms with E-state index >= 15 is 0 Å². The van der Waals surface area contributed by atoms with Crippen LogP contribution in [0.25, 0.3) is 0 Å². The van der Waals surface area contributed by atoms with Crippen LogP contribution in [0.3, 0.4) is 0 Å². The number of halogens is 1. The zero-order valence-corrected chi connectivity index (χ0v) is 6.89. The fourth-order valence-corrected chi connectivity index (χ4v) is 0.819. The fourth-order valence-electron chi connectivity index (χ4n) is 0.699. The highest BCUT2D eigenvalue weighted by Gasteiger charge is 1.99. The van der Waals surface area contributed by atoms with Crippen LogP contribution in [0.1, 0.15) is 13.8 Å². The third kappa shape index (κ3) is 1.71. The smallest absolute Gasteiger partial charge is 0.131 e. The van der Waals surface area contributed by atoms with Crippen LogP contribution in [0.5, 0.6) is 0 Å². The monoisotopic (exact) mass is 155 g/mol. The van der Waals surface area contributed by atoms with E-state index < -0.39 is 0 Å². The maximum atomic E-state index is 5.77. The topological polar surface area (TPSA) is 12.4 Å². The number of hydrogen-bond acceptors (Lipinski definition) is 1. The van der Waals surface area contributed by atoms with E-state index in [1.807, 2.05) is 19.2 Å². The fraction of sp³-hybridized carbons (Fsp3) is 0.375. The number of allylic oxidation sites excluding steroid dienone is 3. The van der Waals surface area contributed by atoms with Crippen LogP contribution >= 0.6 is 11.6 Å². The first-order chi connectivity index (χ1) is 4.70.